The first-order chi connectivity index (χ1) is 28.5. The predicted molar refractivity (Wildman–Crippen MR) is 224 cm³/mol. The summed E-state index contributed by atoms with van der Waals surface area (Å²) in [6.07, 6.45) is 2.59. The molecule has 3 aromatic rings. The van der Waals surface area contributed by atoms with Crippen LogP contribution in [0.15, 0.2) is 53.8 Å². The van der Waals surface area contributed by atoms with E-state index in [-0.39, 0.29) is 31.9 Å². The van der Waals surface area contributed by atoms with Gasteiger partial charge in [0.2, 0.25) is 27.6 Å². The Labute approximate surface area is 354 Å². The van der Waals surface area contributed by atoms with Crippen LogP contribution in [0.4, 0.5) is 4.79 Å². The maximum atomic E-state index is 14.1. The molecule has 2 aliphatic carbocycles. The Morgan fingerprint density at radius 1 is 1.07 bits per heavy atom. The second kappa shape index (κ2) is 15.7. The molecular formula is C43H54N6O11S. The van der Waals surface area contributed by atoms with Crippen molar-refractivity contribution in [3.8, 4) is 28.5 Å². The Hall–Kier alpha value is -5.65. The van der Waals surface area contributed by atoms with E-state index in [0.717, 1.165) is 0 Å². The number of aromatic amines is 1. The minimum Gasteiger partial charge on any atom is -0.493 e. The van der Waals surface area contributed by atoms with E-state index >= 15 is 0 Å². The smallest absolute Gasteiger partial charge is 0.407 e. The van der Waals surface area contributed by atoms with E-state index in [0.29, 0.717) is 59.5 Å². The third-order valence-corrected chi connectivity index (χ3v) is 13.1. The van der Waals surface area contributed by atoms with Crippen LogP contribution in [0.2, 0.25) is 0 Å². The van der Waals surface area contributed by atoms with Gasteiger partial charge in [-0.25, -0.2) is 18.2 Å². The summed E-state index contributed by atoms with van der Waals surface area (Å²) in [4.78, 5) is 76.5. The molecule has 18 heteroatoms. The van der Waals surface area contributed by atoms with E-state index in [9.17, 15) is 32.4 Å². The van der Waals surface area contributed by atoms with E-state index in [2.05, 4.69) is 31.9 Å². The fourth-order valence-corrected chi connectivity index (χ4v) is 8.99. The largest absolute Gasteiger partial charge is 0.493 e. The quantitative estimate of drug-likeness (QED) is 0.167. The number of fused-ring (bicyclic) bond motifs is 3. The van der Waals surface area contributed by atoms with Crippen LogP contribution in [0.1, 0.15) is 80.6 Å². The Morgan fingerprint density at radius 2 is 1.80 bits per heavy atom. The number of ether oxygens (including phenoxy) is 4. The summed E-state index contributed by atoms with van der Waals surface area (Å²) in [6.45, 7) is 16.6. The number of carbonyl (C=O) groups excluding carboxylic acids is 4. The zero-order chi connectivity index (χ0) is 44.3. The van der Waals surface area contributed by atoms with Crippen LogP contribution in [-0.4, -0.2) is 95.5 Å². The molecular weight excluding hydrogens is 809 g/mol. The van der Waals surface area contributed by atoms with Crippen LogP contribution in [-0.2, 0) is 29.1 Å². The van der Waals surface area contributed by atoms with Crippen molar-refractivity contribution < 1.29 is 46.5 Å². The Morgan fingerprint density at radius 3 is 2.48 bits per heavy atom. The third-order valence-electron chi connectivity index (χ3n) is 11.3. The molecule has 17 nitrogen and oxygen atoms in total. The van der Waals surface area contributed by atoms with Gasteiger partial charge < -0.3 is 39.5 Å². The highest BCUT2D eigenvalue weighted by atomic mass is 32.2. The molecule has 1 aromatic heterocycles. The van der Waals surface area contributed by atoms with Crippen LogP contribution in [0.3, 0.4) is 0 Å². The van der Waals surface area contributed by atoms with E-state index in [1.807, 2.05) is 13.8 Å². The lowest BCUT2D eigenvalue weighted by atomic mass is 9.85. The number of benzene rings is 2. The zero-order valence-corrected chi connectivity index (χ0v) is 36.3. The molecule has 2 aromatic carbocycles. The van der Waals surface area contributed by atoms with Crippen molar-refractivity contribution in [1.82, 2.24) is 30.2 Å². The van der Waals surface area contributed by atoms with E-state index in [1.54, 1.807) is 71.0 Å². The van der Waals surface area contributed by atoms with Crippen LogP contribution < -0.4 is 35.1 Å². The summed E-state index contributed by atoms with van der Waals surface area (Å²) in [5, 5.41) is 4.85. The molecule has 2 saturated carbocycles. The summed E-state index contributed by atoms with van der Waals surface area (Å²) in [5.74, 6) is -1.84. The molecule has 7 rings (SSSR count). The minimum atomic E-state index is -3.86. The molecule has 4 atom stereocenters. The second-order valence-electron chi connectivity index (χ2n) is 18.7. The summed E-state index contributed by atoms with van der Waals surface area (Å²) in [6, 6.07) is 8.32. The van der Waals surface area contributed by atoms with E-state index < -0.39 is 84.8 Å². The molecule has 0 spiro atoms. The van der Waals surface area contributed by atoms with Gasteiger partial charge in [0.25, 0.3) is 11.5 Å². The topological polar surface area (TPSA) is 224 Å². The fourth-order valence-electron chi connectivity index (χ4n) is 7.63. The fraction of sp³-hybridized carbons (Fsp3) is 0.535. The molecule has 328 valence electrons. The van der Waals surface area contributed by atoms with Gasteiger partial charge in [-0.15, -0.1) is 6.58 Å². The average molecular weight is 863 g/mol. The third kappa shape index (κ3) is 9.18. The van der Waals surface area contributed by atoms with E-state index in [4.69, 9.17) is 18.9 Å². The molecule has 61 heavy (non-hydrogen) atoms. The SMILES string of the molecule is C=CC1C[C@]1(NC(=O)[C@@H]1CCCN1C(=O)[C@@H](NC(=O)OCC(C)(C)COc1cccc(-c2nc3c4c(ccc3[nH]c2=O)OC(C)(C)O4)c1)C(C)(C)C)C(=O)NS(=O)(=O)C1CC1. The number of rotatable bonds is 14. The van der Waals surface area contributed by atoms with Crippen molar-refractivity contribution in [2.75, 3.05) is 19.8 Å². The number of hydrogen-bond acceptors (Lipinski definition) is 12. The Bertz CT molecular complexity index is 2460. The highest BCUT2D eigenvalue weighted by Gasteiger charge is 2.61. The number of alkyl carbamates (subject to hydrolysis) is 1. The molecule has 3 heterocycles. The number of aromatic nitrogens is 2. The normalized spacial score (nSPS) is 22.2. The lowest BCUT2D eigenvalue weighted by Gasteiger charge is -2.35. The highest BCUT2D eigenvalue weighted by molar-refractivity contribution is 7.91. The summed E-state index contributed by atoms with van der Waals surface area (Å²) < 4.78 is 50.8. The number of sulfonamides is 1. The monoisotopic (exact) mass is 862 g/mol. The number of carbonyl (C=O) groups is 4. The molecule has 4 amide bonds. The highest BCUT2D eigenvalue weighted by Crippen LogP contribution is 2.46. The van der Waals surface area contributed by atoms with Crippen LogP contribution in [0, 0.1) is 16.7 Å². The number of hydrogen-bond donors (Lipinski definition) is 4. The van der Waals surface area contributed by atoms with Crippen molar-refractivity contribution in [2.45, 2.75) is 109 Å². The first kappa shape index (κ1) is 43.4. The van der Waals surface area contributed by atoms with Crippen LogP contribution in [0.5, 0.6) is 17.2 Å². The lowest BCUT2D eigenvalue weighted by molar-refractivity contribution is -0.142. The van der Waals surface area contributed by atoms with Crippen molar-refractivity contribution >= 4 is 44.9 Å². The maximum Gasteiger partial charge on any atom is 0.407 e. The predicted octanol–water partition coefficient (Wildman–Crippen LogP) is 4.30. The van der Waals surface area contributed by atoms with Gasteiger partial charge in [0, 0.05) is 37.3 Å². The standard InChI is InChI=1S/C43H54N6O11S/c1-9-25-21-43(25,38(53)48-61(55,56)27-15-16-27)47-35(50)29-14-11-19-49(29)37(52)34(40(2,3)4)46-39(54)58-23-41(5,6)22-57-26-13-10-12-24(20-26)31-36(51)44-28-17-18-30-33(32(28)45-31)60-42(7,8)59-30/h9-10,12-13,17-18,20,25,27,29,34H,1,11,14-16,19,21-23H2,2-8H3,(H,44,51)(H,46,54)(H,47,50)(H,48,53)/t25?,29-,34+,43+/m0/s1. The van der Waals surface area contributed by atoms with Crippen molar-refractivity contribution in [1.29, 1.82) is 0 Å². The minimum absolute atomic E-state index is 0.0845. The van der Waals surface area contributed by atoms with Gasteiger partial charge in [-0.05, 0) is 61.8 Å². The van der Waals surface area contributed by atoms with E-state index in [1.165, 1.54) is 11.0 Å². The molecule has 4 aliphatic rings. The zero-order valence-electron chi connectivity index (χ0n) is 35.5. The van der Waals surface area contributed by atoms with Gasteiger partial charge in [-0.2, -0.15) is 0 Å². The van der Waals surface area contributed by atoms with Gasteiger partial charge >= 0.3 is 6.09 Å². The van der Waals surface area contributed by atoms with Crippen molar-refractivity contribution in [3.05, 3.63) is 59.4 Å². The molecule has 1 saturated heterocycles. The Balaban J connectivity index is 0.958. The van der Waals surface area contributed by atoms with Gasteiger partial charge in [-0.1, -0.05) is 52.8 Å². The second-order valence-corrected chi connectivity index (χ2v) is 20.6. The van der Waals surface area contributed by atoms with Gasteiger partial charge in [0.05, 0.1) is 17.4 Å². The van der Waals surface area contributed by atoms with Gasteiger partial charge in [0.15, 0.2) is 11.5 Å². The molecule has 1 unspecified atom stereocenters. The molecule has 3 fully saturated rings. The van der Waals surface area contributed by atoms with Crippen LogP contribution >= 0.6 is 0 Å². The summed E-state index contributed by atoms with van der Waals surface area (Å²) in [7, 11) is -3.86. The molecule has 0 radical (unpaired) electrons. The summed E-state index contributed by atoms with van der Waals surface area (Å²) >= 11 is 0. The van der Waals surface area contributed by atoms with Crippen LogP contribution in [0.25, 0.3) is 22.3 Å². The molecule has 2 aliphatic heterocycles. The van der Waals surface area contributed by atoms with Crippen molar-refractivity contribution in [2.24, 2.45) is 16.7 Å². The lowest BCUT2D eigenvalue weighted by Crippen LogP contribution is -2.60. The number of nitrogens with one attached hydrogen (secondary N) is 4. The number of amides is 4. The first-order valence-corrected chi connectivity index (χ1v) is 22.0. The number of likely N-dealkylation sites (tertiary alicyclic amines) is 1. The Kier molecular flexibility index (Phi) is 11.2. The van der Waals surface area contributed by atoms with Gasteiger partial charge in [0.1, 0.15) is 41.2 Å². The number of nitrogens with zero attached hydrogens (tertiary/aromatic N) is 2. The number of H-pyrrole nitrogens is 1. The maximum absolute atomic E-state index is 14.1. The summed E-state index contributed by atoms with van der Waals surface area (Å²) in [5.41, 5.74) is -1.75. The average Bonchev–Trinajstić information content (AvgIpc) is 4.08. The first-order valence-electron chi connectivity index (χ1n) is 20.5. The van der Waals surface area contributed by atoms with Gasteiger partial charge in [-0.3, -0.25) is 23.9 Å². The molecule has 4 N–H and O–H groups in total. The van der Waals surface area contributed by atoms with Crippen molar-refractivity contribution in [3.63, 3.8) is 0 Å². The molecule has 0 bridgehead atoms.